The van der Waals surface area contributed by atoms with E-state index in [9.17, 15) is 22.8 Å². The first kappa shape index (κ1) is 21.0. The summed E-state index contributed by atoms with van der Waals surface area (Å²) in [5, 5.41) is 7.03. The fourth-order valence-corrected chi connectivity index (χ4v) is 2.83. The molecular weight excluding hydrogens is 403 g/mol. The SMILES string of the molecule is C[C@H](c1ccc(C(F)(F)F)cn1)N(C)C(=O)C(=O)Nc1cnc(N)c2c1cnn2C. The third kappa shape index (κ3) is 3.88. The summed E-state index contributed by atoms with van der Waals surface area (Å²) in [7, 11) is 3.01. The summed E-state index contributed by atoms with van der Waals surface area (Å²) < 4.78 is 39.5. The number of nitrogen functional groups attached to an aromatic ring is 1. The van der Waals surface area contributed by atoms with E-state index in [1.807, 2.05) is 0 Å². The molecule has 0 spiro atoms. The molecule has 30 heavy (non-hydrogen) atoms. The third-order valence-corrected chi connectivity index (χ3v) is 4.69. The van der Waals surface area contributed by atoms with Crippen molar-refractivity contribution >= 4 is 34.2 Å². The van der Waals surface area contributed by atoms with Crippen molar-refractivity contribution in [2.45, 2.75) is 19.1 Å². The van der Waals surface area contributed by atoms with Gasteiger partial charge in [0, 0.05) is 25.7 Å². The predicted molar refractivity (Wildman–Crippen MR) is 102 cm³/mol. The summed E-state index contributed by atoms with van der Waals surface area (Å²) in [6.07, 6.45) is -1.04. The van der Waals surface area contributed by atoms with Gasteiger partial charge in [-0.25, -0.2) is 4.98 Å². The van der Waals surface area contributed by atoms with E-state index < -0.39 is 29.6 Å². The van der Waals surface area contributed by atoms with Gasteiger partial charge in [0.1, 0.15) is 11.3 Å². The highest BCUT2D eigenvalue weighted by Crippen LogP contribution is 2.30. The Morgan fingerprint density at radius 1 is 1.20 bits per heavy atom. The standard InChI is InChI=1S/C18H18F3N7O2/c1-9(12-5-4-10(6-23-12)18(19,20)21)27(2)17(30)16(29)26-13-8-24-15(22)14-11(13)7-25-28(14)3/h4-9H,1-3H3,(H2,22,24)(H,26,29)/t9-/m1/s1. The number of fused-ring (bicyclic) bond motifs is 1. The van der Waals surface area contributed by atoms with E-state index in [-0.39, 0.29) is 17.2 Å². The normalized spacial score (nSPS) is 12.6. The maximum atomic E-state index is 12.7. The van der Waals surface area contributed by atoms with E-state index >= 15 is 0 Å². The second kappa shape index (κ2) is 7.61. The smallest absolute Gasteiger partial charge is 0.382 e. The summed E-state index contributed by atoms with van der Waals surface area (Å²) >= 11 is 0. The third-order valence-electron chi connectivity index (χ3n) is 4.69. The van der Waals surface area contributed by atoms with Crippen molar-refractivity contribution in [1.82, 2.24) is 24.6 Å². The summed E-state index contributed by atoms with van der Waals surface area (Å²) in [6, 6.07) is 1.29. The lowest BCUT2D eigenvalue weighted by molar-refractivity contribution is -0.143. The number of pyridine rings is 2. The zero-order valence-electron chi connectivity index (χ0n) is 16.2. The number of hydrogen-bond acceptors (Lipinski definition) is 6. The maximum absolute atomic E-state index is 12.7. The molecule has 0 aliphatic carbocycles. The lowest BCUT2D eigenvalue weighted by Gasteiger charge is -2.24. The molecule has 0 bridgehead atoms. The van der Waals surface area contributed by atoms with Crippen molar-refractivity contribution in [3.63, 3.8) is 0 Å². The molecule has 3 rings (SSSR count). The number of nitrogens with one attached hydrogen (secondary N) is 1. The van der Waals surface area contributed by atoms with Crippen LogP contribution in [0, 0.1) is 0 Å². The van der Waals surface area contributed by atoms with Gasteiger partial charge in [0.2, 0.25) is 0 Å². The number of nitrogens with zero attached hydrogens (tertiary/aromatic N) is 5. The van der Waals surface area contributed by atoms with Gasteiger partial charge in [-0.1, -0.05) is 0 Å². The lowest BCUT2D eigenvalue weighted by atomic mass is 10.1. The van der Waals surface area contributed by atoms with Crippen LogP contribution in [0.25, 0.3) is 10.9 Å². The van der Waals surface area contributed by atoms with Crippen molar-refractivity contribution in [2.75, 3.05) is 18.1 Å². The van der Waals surface area contributed by atoms with E-state index in [2.05, 4.69) is 20.4 Å². The number of carbonyl (C=O) groups excluding carboxylic acids is 2. The van der Waals surface area contributed by atoms with Crippen LogP contribution in [0.2, 0.25) is 0 Å². The monoisotopic (exact) mass is 421 g/mol. The fraction of sp³-hybridized carbons (Fsp3) is 0.278. The molecule has 12 heteroatoms. The minimum absolute atomic E-state index is 0.204. The first-order valence-corrected chi connectivity index (χ1v) is 8.68. The Bertz CT molecular complexity index is 1110. The number of hydrogen-bond donors (Lipinski definition) is 2. The van der Waals surface area contributed by atoms with Crippen LogP contribution in [0.4, 0.5) is 24.7 Å². The number of nitrogens with two attached hydrogens (primary N) is 1. The molecule has 3 N–H and O–H groups in total. The second-order valence-corrected chi connectivity index (χ2v) is 6.60. The van der Waals surface area contributed by atoms with Gasteiger partial charge in [-0.15, -0.1) is 0 Å². The molecule has 0 aliphatic rings. The van der Waals surface area contributed by atoms with Crippen LogP contribution in [0.3, 0.4) is 0 Å². The van der Waals surface area contributed by atoms with Gasteiger partial charge >= 0.3 is 18.0 Å². The number of aromatic nitrogens is 4. The van der Waals surface area contributed by atoms with E-state index in [0.29, 0.717) is 17.1 Å². The topological polar surface area (TPSA) is 119 Å². The van der Waals surface area contributed by atoms with Gasteiger partial charge in [0.25, 0.3) is 0 Å². The molecule has 158 valence electrons. The number of halogens is 3. The molecule has 3 aromatic rings. The minimum atomic E-state index is -4.51. The number of carbonyl (C=O) groups is 2. The molecule has 3 aromatic heterocycles. The Hall–Kier alpha value is -3.70. The van der Waals surface area contributed by atoms with Gasteiger partial charge in [-0.3, -0.25) is 19.3 Å². The summed E-state index contributed by atoms with van der Waals surface area (Å²) in [5.74, 6) is -1.64. The molecule has 0 saturated carbocycles. The van der Waals surface area contributed by atoms with Crippen molar-refractivity contribution in [2.24, 2.45) is 7.05 Å². The van der Waals surface area contributed by atoms with Crippen molar-refractivity contribution < 1.29 is 22.8 Å². The Labute approximate surface area is 168 Å². The van der Waals surface area contributed by atoms with Crippen LogP contribution < -0.4 is 11.1 Å². The second-order valence-electron chi connectivity index (χ2n) is 6.60. The van der Waals surface area contributed by atoms with Crippen LogP contribution in [0.15, 0.2) is 30.7 Å². The Morgan fingerprint density at radius 3 is 2.50 bits per heavy atom. The Kier molecular flexibility index (Phi) is 5.33. The number of rotatable bonds is 3. The van der Waals surface area contributed by atoms with E-state index in [1.54, 1.807) is 14.0 Å². The Morgan fingerprint density at radius 2 is 1.90 bits per heavy atom. The minimum Gasteiger partial charge on any atom is -0.382 e. The largest absolute Gasteiger partial charge is 0.417 e. The number of alkyl halides is 3. The number of anilines is 2. The van der Waals surface area contributed by atoms with Crippen molar-refractivity contribution in [3.8, 4) is 0 Å². The quantitative estimate of drug-likeness (QED) is 0.626. The molecule has 0 unspecified atom stereocenters. The molecule has 3 heterocycles. The van der Waals surface area contributed by atoms with Crippen LogP contribution in [-0.2, 0) is 22.8 Å². The molecular formula is C18H18F3N7O2. The number of amides is 2. The summed E-state index contributed by atoms with van der Waals surface area (Å²) in [5.41, 5.74) is 5.86. The van der Waals surface area contributed by atoms with Gasteiger partial charge in [-0.2, -0.15) is 18.3 Å². The predicted octanol–water partition coefficient (Wildman–Crippen LogP) is 2.12. The number of likely N-dealkylation sites (N-methyl/N-ethyl adjacent to an activating group) is 1. The van der Waals surface area contributed by atoms with Crippen LogP contribution in [-0.4, -0.2) is 43.5 Å². The van der Waals surface area contributed by atoms with Gasteiger partial charge in [-0.05, 0) is 19.1 Å². The van der Waals surface area contributed by atoms with Crippen LogP contribution in [0.1, 0.15) is 24.2 Å². The molecule has 2 amide bonds. The highest BCUT2D eigenvalue weighted by atomic mass is 19.4. The molecule has 0 saturated heterocycles. The van der Waals surface area contributed by atoms with E-state index in [0.717, 1.165) is 17.0 Å². The van der Waals surface area contributed by atoms with Gasteiger partial charge in [0.15, 0.2) is 0 Å². The van der Waals surface area contributed by atoms with E-state index in [4.69, 9.17) is 5.73 Å². The first-order chi connectivity index (χ1) is 14.0. The summed E-state index contributed by atoms with van der Waals surface area (Å²) in [4.78, 5) is 33.8. The highest BCUT2D eigenvalue weighted by molar-refractivity contribution is 6.40. The Balaban J connectivity index is 1.76. The summed E-state index contributed by atoms with van der Waals surface area (Å²) in [6.45, 7) is 1.55. The fourth-order valence-electron chi connectivity index (χ4n) is 2.83. The van der Waals surface area contributed by atoms with Crippen molar-refractivity contribution in [1.29, 1.82) is 0 Å². The van der Waals surface area contributed by atoms with E-state index in [1.165, 1.54) is 24.1 Å². The molecule has 1 atom stereocenters. The molecule has 0 fully saturated rings. The average molecular weight is 421 g/mol. The van der Waals surface area contributed by atoms with Gasteiger partial charge < -0.3 is 16.0 Å². The molecule has 0 aromatic carbocycles. The molecule has 9 nitrogen and oxygen atoms in total. The van der Waals surface area contributed by atoms with Crippen molar-refractivity contribution in [3.05, 3.63) is 42.0 Å². The zero-order valence-corrected chi connectivity index (χ0v) is 16.2. The first-order valence-electron chi connectivity index (χ1n) is 8.68. The lowest BCUT2D eigenvalue weighted by Crippen LogP contribution is -2.38. The molecule has 0 radical (unpaired) electrons. The average Bonchev–Trinajstić information content (AvgIpc) is 3.10. The maximum Gasteiger partial charge on any atom is 0.417 e. The van der Waals surface area contributed by atoms with Crippen LogP contribution in [0.5, 0.6) is 0 Å². The number of aryl methyl sites for hydroxylation is 1. The van der Waals surface area contributed by atoms with Crippen LogP contribution >= 0.6 is 0 Å². The zero-order chi connectivity index (χ0) is 22.2. The van der Waals surface area contributed by atoms with Gasteiger partial charge in [0.05, 0.1) is 35.4 Å². The molecule has 0 aliphatic heterocycles. The highest BCUT2D eigenvalue weighted by Gasteiger charge is 2.31.